The third-order valence-electron chi connectivity index (χ3n) is 10.8. The van der Waals surface area contributed by atoms with Gasteiger partial charge in [-0.15, -0.1) is 0 Å². The van der Waals surface area contributed by atoms with Gasteiger partial charge in [0, 0.05) is 42.0 Å². The van der Waals surface area contributed by atoms with Crippen LogP contribution in [0.2, 0.25) is 0 Å². The van der Waals surface area contributed by atoms with Crippen LogP contribution in [0, 0.1) is 5.92 Å². The highest BCUT2D eigenvalue weighted by atomic mass is 79.9. The second-order valence-corrected chi connectivity index (χ2v) is 16.6. The second kappa shape index (κ2) is 16.4. The average Bonchev–Trinajstić information content (AvgIpc) is 3.70. The van der Waals surface area contributed by atoms with Gasteiger partial charge in [0.2, 0.25) is 0 Å². The third kappa shape index (κ3) is 7.62. The molecule has 47 heavy (non-hydrogen) atoms. The molecule has 6 rings (SSSR count). The zero-order valence-corrected chi connectivity index (χ0v) is 31.4. The summed E-state index contributed by atoms with van der Waals surface area (Å²) in [6, 6.07) is 10.7. The molecular weight excluding hydrogens is 696 g/mol. The van der Waals surface area contributed by atoms with E-state index in [9.17, 15) is 5.11 Å². The van der Waals surface area contributed by atoms with Crippen LogP contribution in [-0.2, 0) is 22.6 Å². The van der Waals surface area contributed by atoms with Gasteiger partial charge in [0.25, 0.3) is 0 Å². The van der Waals surface area contributed by atoms with Crippen LogP contribution in [-0.4, -0.2) is 79.1 Å². The van der Waals surface area contributed by atoms with Crippen LogP contribution in [0.25, 0.3) is 0 Å². The third-order valence-corrected chi connectivity index (χ3v) is 13.7. The molecule has 0 amide bonds. The number of methoxy groups -OCH3 is 1. The van der Waals surface area contributed by atoms with Crippen LogP contribution in [0.4, 0.5) is 0 Å². The SMILES string of the molecule is CO/N=C1/C[C@H]2Oc3c(Br)c(OCCCC4CCCC4)cc4c3[C@@]2(C[C@@H](CO)N(CCCSC)C4)[C@H](SCc2ccc(OC)cc2)C1. The molecule has 0 bridgehead atoms. The van der Waals surface area contributed by atoms with Gasteiger partial charge in [0.15, 0.2) is 0 Å². The lowest BCUT2D eigenvalue weighted by atomic mass is 9.64. The predicted octanol–water partition coefficient (Wildman–Crippen LogP) is 8.22. The molecule has 4 aliphatic rings. The smallest absolute Gasteiger partial charge is 0.142 e. The molecule has 1 N–H and O–H groups in total. The molecule has 10 heteroatoms. The summed E-state index contributed by atoms with van der Waals surface area (Å²) in [5.41, 5.74) is 4.58. The summed E-state index contributed by atoms with van der Waals surface area (Å²) in [6.45, 7) is 2.57. The molecular formula is C37H51BrN2O5S2. The van der Waals surface area contributed by atoms with Crippen LogP contribution in [0.3, 0.4) is 0 Å². The summed E-state index contributed by atoms with van der Waals surface area (Å²) in [5.74, 6) is 5.49. The van der Waals surface area contributed by atoms with Crippen LogP contribution < -0.4 is 14.2 Å². The monoisotopic (exact) mass is 746 g/mol. The Balaban J connectivity index is 1.37. The van der Waals surface area contributed by atoms with Gasteiger partial charge in [-0.3, -0.25) is 4.90 Å². The molecule has 2 aliphatic carbocycles. The summed E-state index contributed by atoms with van der Waals surface area (Å²) in [6.07, 6.45) is 13.3. The summed E-state index contributed by atoms with van der Waals surface area (Å²) in [5, 5.41) is 15.7. The summed E-state index contributed by atoms with van der Waals surface area (Å²) >= 11 is 7.85. The summed E-state index contributed by atoms with van der Waals surface area (Å²) < 4.78 is 20.0. The van der Waals surface area contributed by atoms with Crippen molar-refractivity contribution in [2.75, 3.05) is 46.0 Å². The Morgan fingerprint density at radius 3 is 2.66 bits per heavy atom. The quantitative estimate of drug-likeness (QED) is 0.145. The van der Waals surface area contributed by atoms with Crippen LogP contribution >= 0.6 is 39.5 Å². The number of nitrogens with zero attached hydrogens (tertiary/aromatic N) is 2. The van der Waals surface area contributed by atoms with E-state index in [4.69, 9.17) is 19.0 Å². The van der Waals surface area contributed by atoms with Crippen molar-refractivity contribution in [1.29, 1.82) is 0 Å². The molecule has 7 nitrogen and oxygen atoms in total. The van der Waals surface area contributed by atoms with Gasteiger partial charge >= 0.3 is 0 Å². The summed E-state index contributed by atoms with van der Waals surface area (Å²) in [4.78, 5) is 7.88. The fourth-order valence-corrected chi connectivity index (χ4v) is 11.0. The van der Waals surface area contributed by atoms with Gasteiger partial charge in [0.05, 0.1) is 31.5 Å². The van der Waals surface area contributed by atoms with E-state index < -0.39 is 0 Å². The average molecular weight is 748 g/mol. The Labute approximate surface area is 298 Å². The number of aliphatic hydroxyl groups excluding tert-OH is 1. The lowest BCUT2D eigenvalue weighted by Gasteiger charge is -2.46. The van der Waals surface area contributed by atoms with Crippen molar-refractivity contribution < 1.29 is 24.2 Å². The molecule has 1 spiro atoms. The number of oxime groups is 1. The van der Waals surface area contributed by atoms with E-state index in [1.54, 1.807) is 14.2 Å². The Hall–Kier alpha value is -1.59. The van der Waals surface area contributed by atoms with Gasteiger partial charge < -0.3 is 24.2 Å². The van der Waals surface area contributed by atoms with Crippen molar-refractivity contribution in [3.8, 4) is 17.2 Å². The summed E-state index contributed by atoms with van der Waals surface area (Å²) in [7, 11) is 3.34. The Morgan fingerprint density at radius 1 is 1.13 bits per heavy atom. The van der Waals surface area contributed by atoms with E-state index in [1.807, 2.05) is 35.7 Å². The van der Waals surface area contributed by atoms with Gasteiger partial charge in [-0.1, -0.05) is 43.0 Å². The van der Waals surface area contributed by atoms with Gasteiger partial charge in [-0.05, 0) is 95.4 Å². The van der Waals surface area contributed by atoms with E-state index in [0.717, 1.165) is 83.6 Å². The number of aliphatic hydroxyl groups is 1. The molecule has 0 aromatic heterocycles. The van der Waals surface area contributed by atoms with Gasteiger partial charge in [-0.25, -0.2) is 0 Å². The maximum absolute atomic E-state index is 11.0. The Kier molecular flexibility index (Phi) is 12.3. The zero-order valence-electron chi connectivity index (χ0n) is 28.2. The number of ether oxygens (including phenoxy) is 3. The zero-order chi connectivity index (χ0) is 32.8. The Bertz CT molecular complexity index is 1370. The molecule has 2 saturated carbocycles. The van der Waals surface area contributed by atoms with E-state index in [1.165, 1.54) is 48.8 Å². The van der Waals surface area contributed by atoms with E-state index >= 15 is 0 Å². The van der Waals surface area contributed by atoms with Crippen molar-refractivity contribution in [3.05, 3.63) is 51.5 Å². The minimum Gasteiger partial charge on any atom is -0.497 e. The van der Waals surface area contributed by atoms with Crippen molar-refractivity contribution >= 4 is 45.2 Å². The van der Waals surface area contributed by atoms with Crippen molar-refractivity contribution in [3.63, 3.8) is 0 Å². The highest BCUT2D eigenvalue weighted by molar-refractivity contribution is 9.10. The molecule has 2 aromatic carbocycles. The lowest BCUT2D eigenvalue weighted by molar-refractivity contribution is 0.0641. The van der Waals surface area contributed by atoms with Crippen LogP contribution in [0.5, 0.6) is 17.2 Å². The Morgan fingerprint density at radius 2 is 1.94 bits per heavy atom. The minimum atomic E-state index is -0.292. The number of halogens is 1. The first-order valence-corrected chi connectivity index (χ1v) is 20.6. The highest BCUT2D eigenvalue weighted by Crippen LogP contribution is 2.61. The molecule has 2 aliphatic heterocycles. The first kappa shape index (κ1) is 35.2. The molecule has 2 aromatic rings. The van der Waals surface area contributed by atoms with E-state index in [2.05, 4.69) is 50.4 Å². The maximum Gasteiger partial charge on any atom is 0.142 e. The molecule has 0 unspecified atom stereocenters. The number of benzene rings is 2. The molecule has 0 radical (unpaired) electrons. The van der Waals surface area contributed by atoms with Gasteiger partial charge in [-0.2, -0.15) is 23.5 Å². The van der Waals surface area contributed by atoms with Crippen molar-refractivity contribution in [2.45, 2.75) is 99.3 Å². The van der Waals surface area contributed by atoms with E-state index in [0.29, 0.717) is 13.0 Å². The number of hydrogen-bond donors (Lipinski definition) is 1. The fourth-order valence-electron chi connectivity index (χ4n) is 8.47. The number of hydrogen-bond acceptors (Lipinski definition) is 9. The molecule has 2 heterocycles. The second-order valence-electron chi connectivity index (χ2n) is 13.6. The normalized spacial score (nSPS) is 26.5. The maximum atomic E-state index is 11.0. The highest BCUT2D eigenvalue weighted by Gasteiger charge is 2.60. The number of rotatable bonds is 15. The van der Waals surface area contributed by atoms with Gasteiger partial charge in [0.1, 0.15) is 34.9 Å². The van der Waals surface area contributed by atoms with Crippen molar-refractivity contribution in [1.82, 2.24) is 4.90 Å². The number of thioether (sulfide) groups is 2. The topological polar surface area (TPSA) is 72.8 Å². The van der Waals surface area contributed by atoms with Crippen LogP contribution in [0.1, 0.15) is 80.9 Å². The predicted molar refractivity (Wildman–Crippen MR) is 198 cm³/mol. The van der Waals surface area contributed by atoms with Crippen molar-refractivity contribution in [2.24, 2.45) is 11.1 Å². The standard InChI is InChI=1S/C37H51BrN2O5S2/c1-42-30-13-11-26(12-14-30)24-47-33-20-28(39-43-2)19-32-37(33)21-29(23-41)40(15-7-17-46-3)22-27-18-31(35(38)36(45-32)34(27)37)44-16-6-10-25-8-4-5-9-25/h11-14,18,25,29,32-33,41H,4-10,15-17,19-24H2,1-3H3/b39-28-/t29-,32+,33+,37+/m0/s1. The first-order chi connectivity index (χ1) is 23.0. The first-order valence-electron chi connectivity index (χ1n) is 17.3. The lowest BCUT2D eigenvalue weighted by Crippen LogP contribution is -2.55. The molecule has 4 atom stereocenters. The molecule has 2 fully saturated rings. The van der Waals surface area contributed by atoms with E-state index in [-0.39, 0.29) is 29.4 Å². The minimum absolute atomic E-state index is 0.0286. The largest absolute Gasteiger partial charge is 0.497 e. The molecule has 258 valence electrons. The van der Waals surface area contributed by atoms with Crippen LogP contribution in [0.15, 0.2) is 40.0 Å². The molecule has 0 saturated heterocycles. The fraction of sp³-hybridized carbons (Fsp3) is 0.649.